The molecule has 2 aromatic rings. The monoisotopic (exact) mass is 315 g/mol. The highest BCUT2D eigenvalue weighted by Crippen LogP contribution is 2.42. The van der Waals surface area contributed by atoms with Crippen LogP contribution < -0.4 is 4.84 Å². The molecule has 0 saturated heterocycles. The predicted octanol–water partition coefficient (Wildman–Crippen LogP) is 5.15. The summed E-state index contributed by atoms with van der Waals surface area (Å²) >= 11 is 5.67. The van der Waals surface area contributed by atoms with E-state index < -0.39 is 0 Å². The molecule has 1 aromatic heterocycles. The van der Waals surface area contributed by atoms with Crippen LogP contribution in [0.15, 0.2) is 42.5 Å². The summed E-state index contributed by atoms with van der Waals surface area (Å²) in [6.45, 7) is 1.44. The van der Waals surface area contributed by atoms with Gasteiger partial charge in [-0.05, 0) is 54.5 Å². The van der Waals surface area contributed by atoms with Crippen LogP contribution in [0.5, 0.6) is 0 Å². The third kappa shape index (κ3) is 3.12. The van der Waals surface area contributed by atoms with E-state index in [1.165, 1.54) is 25.8 Å². The molecule has 3 rings (SSSR count). The van der Waals surface area contributed by atoms with E-state index in [1.807, 2.05) is 36.7 Å². The lowest BCUT2D eigenvalue weighted by Gasteiger charge is -2.12. The van der Waals surface area contributed by atoms with E-state index in [0.29, 0.717) is 5.92 Å². The molecule has 2 nitrogen and oxygen atoms in total. The normalized spacial score (nSPS) is 15.0. The zero-order valence-corrected chi connectivity index (χ0v) is 13.5. The van der Waals surface area contributed by atoms with Gasteiger partial charge in [-0.3, -0.25) is 0 Å². The smallest absolute Gasteiger partial charge is 0.104 e. The largest absolute Gasteiger partial charge is 0.418 e. The minimum absolute atomic E-state index is 0.213. The van der Waals surface area contributed by atoms with Crippen LogP contribution in [0.4, 0.5) is 4.39 Å². The van der Waals surface area contributed by atoms with Gasteiger partial charge < -0.3 is 4.84 Å². The van der Waals surface area contributed by atoms with Gasteiger partial charge >= 0.3 is 0 Å². The topological polar surface area (TPSA) is 14.2 Å². The first-order valence-electron chi connectivity index (χ1n) is 7.33. The molecule has 0 bridgehead atoms. The van der Waals surface area contributed by atoms with Gasteiger partial charge in [0.1, 0.15) is 7.11 Å². The number of halogens is 1. The summed E-state index contributed by atoms with van der Waals surface area (Å²) in [5.41, 5.74) is 3.92. The van der Waals surface area contributed by atoms with E-state index in [4.69, 9.17) is 17.1 Å². The zero-order valence-electron chi connectivity index (χ0n) is 12.7. The van der Waals surface area contributed by atoms with E-state index in [0.717, 1.165) is 26.8 Å². The number of pyridine rings is 1. The quantitative estimate of drug-likeness (QED) is 0.724. The van der Waals surface area contributed by atoms with E-state index in [2.05, 4.69) is 0 Å². The molecule has 0 atom stereocenters. The average Bonchev–Trinajstić information content (AvgIpc) is 3.32. The Balaban J connectivity index is 2.13. The lowest BCUT2D eigenvalue weighted by Crippen LogP contribution is -2.08. The summed E-state index contributed by atoms with van der Waals surface area (Å²) in [7, 11) is 1.63. The molecule has 4 heteroatoms. The Bertz CT molecular complexity index is 786. The van der Waals surface area contributed by atoms with Crippen LogP contribution in [0, 0.1) is 4.51 Å². The van der Waals surface area contributed by atoms with E-state index >= 15 is 0 Å². The molecular formula is C18H18FNOS. The molecule has 1 fully saturated rings. The van der Waals surface area contributed by atoms with Gasteiger partial charge in [-0.2, -0.15) is 4.73 Å². The third-order valence-corrected chi connectivity index (χ3v) is 4.28. The van der Waals surface area contributed by atoms with Crippen molar-refractivity contribution in [3.8, 4) is 11.1 Å². The highest BCUT2D eigenvalue weighted by atomic mass is 32.1. The Morgan fingerprint density at radius 1 is 1.36 bits per heavy atom. The van der Waals surface area contributed by atoms with E-state index in [-0.39, 0.29) is 5.83 Å². The van der Waals surface area contributed by atoms with Gasteiger partial charge in [0, 0.05) is 11.8 Å². The van der Waals surface area contributed by atoms with Gasteiger partial charge in [0.05, 0.1) is 16.5 Å². The van der Waals surface area contributed by atoms with Crippen molar-refractivity contribution < 1.29 is 9.23 Å². The van der Waals surface area contributed by atoms with Crippen LogP contribution in [0.2, 0.25) is 0 Å². The van der Waals surface area contributed by atoms with Gasteiger partial charge in [-0.1, -0.05) is 30.4 Å². The molecule has 0 radical (unpaired) electrons. The van der Waals surface area contributed by atoms with Crippen LogP contribution in [0.3, 0.4) is 0 Å². The van der Waals surface area contributed by atoms with Gasteiger partial charge in [0.25, 0.3) is 0 Å². The Morgan fingerprint density at radius 2 is 2.14 bits per heavy atom. The fourth-order valence-electron chi connectivity index (χ4n) is 2.60. The first-order chi connectivity index (χ1) is 10.6. The molecule has 1 heterocycles. The number of allylic oxidation sites excluding steroid dienone is 1. The van der Waals surface area contributed by atoms with Crippen molar-refractivity contribution in [3.05, 3.63) is 58.1 Å². The maximum Gasteiger partial charge on any atom is 0.104 e. The van der Waals surface area contributed by atoms with Crippen molar-refractivity contribution in [2.45, 2.75) is 25.7 Å². The van der Waals surface area contributed by atoms with Crippen molar-refractivity contribution in [3.63, 3.8) is 0 Å². The molecule has 0 spiro atoms. The van der Waals surface area contributed by atoms with E-state index in [9.17, 15) is 4.39 Å². The second-order valence-corrected chi connectivity index (χ2v) is 6.04. The second-order valence-electron chi connectivity index (χ2n) is 5.63. The van der Waals surface area contributed by atoms with Crippen LogP contribution in [-0.2, 0) is 0 Å². The van der Waals surface area contributed by atoms with Crippen LogP contribution in [0.25, 0.3) is 17.2 Å². The minimum Gasteiger partial charge on any atom is -0.418 e. The van der Waals surface area contributed by atoms with Gasteiger partial charge in [-0.25, -0.2) is 4.39 Å². The highest BCUT2D eigenvalue weighted by molar-refractivity contribution is 7.71. The number of hydrogen-bond acceptors (Lipinski definition) is 2. The number of hydrogen-bond donors (Lipinski definition) is 0. The van der Waals surface area contributed by atoms with Crippen molar-refractivity contribution >= 4 is 18.3 Å². The van der Waals surface area contributed by atoms with Crippen molar-refractivity contribution in [2.24, 2.45) is 0 Å². The molecule has 0 unspecified atom stereocenters. The maximum atomic E-state index is 13.1. The Labute approximate surface area is 134 Å². The average molecular weight is 315 g/mol. The van der Waals surface area contributed by atoms with Gasteiger partial charge in [0.2, 0.25) is 0 Å². The Kier molecular flexibility index (Phi) is 4.12. The molecular weight excluding hydrogens is 297 g/mol. The number of aromatic nitrogens is 1. The molecule has 22 heavy (non-hydrogen) atoms. The molecule has 1 aliphatic carbocycles. The summed E-state index contributed by atoms with van der Waals surface area (Å²) < 4.78 is 15.7. The summed E-state index contributed by atoms with van der Waals surface area (Å²) in [6, 6.07) is 7.74. The molecule has 0 N–H and O–H groups in total. The third-order valence-electron chi connectivity index (χ3n) is 3.82. The van der Waals surface area contributed by atoms with Crippen molar-refractivity contribution in [1.29, 1.82) is 0 Å². The minimum atomic E-state index is -0.213. The first kappa shape index (κ1) is 15.0. The predicted molar refractivity (Wildman–Crippen MR) is 89.9 cm³/mol. The number of rotatable bonds is 4. The lowest BCUT2D eigenvalue weighted by atomic mass is 10.0. The molecule has 1 saturated carbocycles. The van der Waals surface area contributed by atoms with E-state index in [1.54, 1.807) is 11.8 Å². The van der Waals surface area contributed by atoms with Crippen molar-refractivity contribution in [1.82, 2.24) is 4.73 Å². The van der Waals surface area contributed by atoms with Gasteiger partial charge in [0.15, 0.2) is 0 Å². The molecule has 1 aromatic carbocycles. The van der Waals surface area contributed by atoms with Crippen LogP contribution in [0.1, 0.15) is 36.8 Å². The summed E-state index contributed by atoms with van der Waals surface area (Å²) in [4.78, 5) is 5.34. The number of benzene rings is 1. The second kappa shape index (κ2) is 6.05. The summed E-state index contributed by atoms with van der Waals surface area (Å²) in [5.74, 6) is 0.333. The maximum absolute atomic E-state index is 13.1. The zero-order chi connectivity index (χ0) is 15.7. The SMILES string of the molecule is COn1cc(-c2cccc(/C=C(\C)F)c2)c(=S)c(C2CC2)c1. The Hall–Kier alpha value is -1.94. The Morgan fingerprint density at radius 3 is 2.77 bits per heavy atom. The van der Waals surface area contributed by atoms with Crippen LogP contribution >= 0.6 is 12.2 Å². The standard InChI is InChI=1S/C18H18FNOS/c1-12(19)8-13-4-3-5-15(9-13)17-11-20(21-2)10-16(18(17)22)14-6-7-14/h3-5,8-11,14H,6-7H2,1-2H3/b12-8+. The molecule has 114 valence electrons. The highest BCUT2D eigenvalue weighted by Gasteiger charge is 2.26. The first-order valence-corrected chi connectivity index (χ1v) is 7.74. The lowest BCUT2D eigenvalue weighted by molar-refractivity contribution is 0.165. The molecule has 1 aliphatic rings. The fourth-order valence-corrected chi connectivity index (χ4v) is 2.99. The summed E-state index contributed by atoms with van der Waals surface area (Å²) in [5, 5.41) is 0. The molecule has 0 amide bonds. The van der Waals surface area contributed by atoms with Gasteiger partial charge in [-0.15, -0.1) is 0 Å². The fraction of sp³-hybridized carbons (Fsp3) is 0.278. The molecule has 0 aliphatic heterocycles. The summed E-state index contributed by atoms with van der Waals surface area (Å²) in [6.07, 6.45) is 7.74. The van der Waals surface area contributed by atoms with Crippen LogP contribution in [-0.4, -0.2) is 11.8 Å². The number of nitrogens with zero attached hydrogens (tertiary/aromatic N) is 1. The van der Waals surface area contributed by atoms with Crippen molar-refractivity contribution in [2.75, 3.05) is 7.11 Å².